The molecule has 0 saturated carbocycles. The molecular formula is C19H15ClF3NO3. The Morgan fingerprint density at radius 3 is 2.48 bits per heavy atom. The van der Waals surface area contributed by atoms with Crippen molar-refractivity contribution in [1.82, 2.24) is 4.57 Å². The van der Waals surface area contributed by atoms with Crippen LogP contribution in [0.25, 0.3) is 16.6 Å². The van der Waals surface area contributed by atoms with Crippen molar-refractivity contribution >= 4 is 22.5 Å². The molecule has 0 fully saturated rings. The second-order valence-electron chi connectivity index (χ2n) is 6.04. The van der Waals surface area contributed by atoms with Crippen LogP contribution in [0.15, 0.2) is 47.3 Å². The van der Waals surface area contributed by atoms with Crippen molar-refractivity contribution in [3.63, 3.8) is 0 Å². The van der Waals surface area contributed by atoms with E-state index in [2.05, 4.69) is 0 Å². The molecule has 0 amide bonds. The molecule has 0 aliphatic heterocycles. The minimum absolute atomic E-state index is 0.0723. The number of phenols is 1. The Hall–Kier alpha value is -2.51. The van der Waals surface area contributed by atoms with Crippen molar-refractivity contribution in [1.29, 1.82) is 0 Å². The molecule has 1 heterocycles. The van der Waals surface area contributed by atoms with Crippen LogP contribution >= 0.6 is 11.6 Å². The Labute approximate surface area is 157 Å². The van der Waals surface area contributed by atoms with Gasteiger partial charge in [0.05, 0.1) is 16.8 Å². The molecule has 3 rings (SSSR count). The molecule has 4 nitrogen and oxygen atoms in total. The zero-order valence-electron chi connectivity index (χ0n) is 13.9. The van der Waals surface area contributed by atoms with Crippen molar-refractivity contribution in [2.75, 3.05) is 6.61 Å². The fourth-order valence-electron chi connectivity index (χ4n) is 2.92. The normalized spacial score (nSPS) is 11.9. The molecule has 1 aromatic heterocycles. The molecule has 3 aromatic rings. The molecule has 2 aromatic carbocycles. The zero-order valence-corrected chi connectivity index (χ0v) is 14.7. The summed E-state index contributed by atoms with van der Waals surface area (Å²) in [7, 11) is 0. The third kappa shape index (κ3) is 3.79. The van der Waals surface area contributed by atoms with Crippen LogP contribution in [0.2, 0.25) is 5.02 Å². The highest BCUT2D eigenvalue weighted by Gasteiger charge is 2.30. The average Bonchev–Trinajstić information content (AvgIpc) is 2.61. The summed E-state index contributed by atoms with van der Waals surface area (Å²) in [5.74, 6) is -0.234. The van der Waals surface area contributed by atoms with E-state index >= 15 is 0 Å². The second-order valence-corrected chi connectivity index (χ2v) is 6.48. The molecule has 0 atom stereocenters. The van der Waals surface area contributed by atoms with Gasteiger partial charge < -0.3 is 10.2 Å². The van der Waals surface area contributed by atoms with Gasteiger partial charge in [-0.15, -0.1) is 0 Å². The number of phenolic OH excluding ortho intramolecular Hbond substituents is 1. The predicted octanol–water partition coefficient (Wildman–Crippen LogP) is 4.29. The summed E-state index contributed by atoms with van der Waals surface area (Å²) in [5.41, 5.74) is -0.825. The molecule has 0 unspecified atom stereocenters. The maximum atomic E-state index is 13.1. The summed E-state index contributed by atoms with van der Waals surface area (Å²) in [4.78, 5) is 12.9. The molecule has 8 heteroatoms. The Morgan fingerprint density at radius 2 is 1.81 bits per heavy atom. The van der Waals surface area contributed by atoms with Gasteiger partial charge in [0.2, 0.25) is 0 Å². The second kappa shape index (κ2) is 7.25. The summed E-state index contributed by atoms with van der Waals surface area (Å²) < 4.78 is 40.4. The van der Waals surface area contributed by atoms with Gasteiger partial charge in [0.25, 0.3) is 5.56 Å². The van der Waals surface area contributed by atoms with E-state index in [1.54, 1.807) is 0 Å². The van der Waals surface area contributed by atoms with Crippen molar-refractivity contribution in [2.24, 2.45) is 0 Å². The smallest absolute Gasteiger partial charge is 0.416 e. The number of nitrogens with zero attached hydrogens (tertiary/aromatic N) is 1. The monoisotopic (exact) mass is 397 g/mol. The van der Waals surface area contributed by atoms with Crippen LogP contribution in [0.4, 0.5) is 13.2 Å². The number of aliphatic hydroxyl groups is 1. The lowest BCUT2D eigenvalue weighted by Crippen LogP contribution is -2.23. The number of aliphatic hydroxyl groups excluding tert-OH is 1. The summed E-state index contributed by atoms with van der Waals surface area (Å²) in [6.45, 7) is -0.164. The molecule has 27 heavy (non-hydrogen) atoms. The van der Waals surface area contributed by atoms with E-state index < -0.39 is 17.3 Å². The first-order valence-corrected chi connectivity index (χ1v) is 8.46. The molecule has 0 bridgehead atoms. The van der Waals surface area contributed by atoms with E-state index in [1.165, 1.54) is 30.3 Å². The van der Waals surface area contributed by atoms with Crippen LogP contribution in [0.5, 0.6) is 5.75 Å². The highest BCUT2D eigenvalue weighted by atomic mass is 35.5. The highest BCUT2D eigenvalue weighted by molar-refractivity contribution is 6.30. The van der Waals surface area contributed by atoms with Gasteiger partial charge in [0.1, 0.15) is 5.75 Å². The lowest BCUT2D eigenvalue weighted by atomic mass is 10.0. The fraction of sp³-hybridized carbons (Fsp3) is 0.211. The molecule has 2 N–H and O–H groups in total. The van der Waals surface area contributed by atoms with Gasteiger partial charge in [0, 0.05) is 17.2 Å². The highest BCUT2D eigenvalue weighted by Crippen LogP contribution is 2.33. The van der Waals surface area contributed by atoms with Crippen molar-refractivity contribution in [3.05, 3.63) is 69.0 Å². The Morgan fingerprint density at radius 1 is 1.07 bits per heavy atom. The first-order chi connectivity index (χ1) is 12.7. The molecular weight excluding hydrogens is 383 g/mol. The molecule has 0 aliphatic rings. The number of aromatic hydroxyl groups is 1. The molecule has 0 aliphatic carbocycles. The number of aryl methyl sites for hydroxylation is 1. The van der Waals surface area contributed by atoms with Crippen LogP contribution in [0.1, 0.15) is 17.5 Å². The maximum Gasteiger partial charge on any atom is 0.416 e. The average molecular weight is 398 g/mol. The van der Waals surface area contributed by atoms with E-state index in [0.717, 1.165) is 16.7 Å². The number of rotatable bonds is 4. The van der Waals surface area contributed by atoms with Gasteiger partial charge >= 0.3 is 6.18 Å². The maximum absolute atomic E-state index is 13.1. The van der Waals surface area contributed by atoms with Gasteiger partial charge in [-0.3, -0.25) is 9.36 Å². The molecule has 142 valence electrons. The van der Waals surface area contributed by atoms with Crippen molar-refractivity contribution < 1.29 is 23.4 Å². The first kappa shape index (κ1) is 19.3. The number of benzene rings is 2. The van der Waals surface area contributed by atoms with Gasteiger partial charge in [-0.25, -0.2) is 0 Å². The predicted molar refractivity (Wildman–Crippen MR) is 96.6 cm³/mol. The third-order valence-electron chi connectivity index (χ3n) is 4.19. The van der Waals surface area contributed by atoms with Crippen molar-refractivity contribution in [3.8, 4) is 11.4 Å². The number of alkyl halides is 3. The minimum atomic E-state index is -4.53. The van der Waals surface area contributed by atoms with E-state index in [9.17, 15) is 23.1 Å². The summed E-state index contributed by atoms with van der Waals surface area (Å²) >= 11 is 5.97. The largest absolute Gasteiger partial charge is 0.506 e. The van der Waals surface area contributed by atoms with Gasteiger partial charge in [-0.2, -0.15) is 13.2 Å². The molecule has 0 spiro atoms. The van der Waals surface area contributed by atoms with Crippen LogP contribution in [-0.4, -0.2) is 21.4 Å². The first-order valence-electron chi connectivity index (χ1n) is 8.08. The summed E-state index contributed by atoms with van der Waals surface area (Å²) in [6, 6.07) is 8.52. The number of fused-ring (bicyclic) bond motifs is 1. The van der Waals surface area contributed by atoms with Gasteiger partial charge in [-0.05, 0) is 60.7 Å². The summed E-state index contributed by atoms with van der Waals surface area (Å²) in [6.07, 6.45) is -4.07. The number of hydrogen-bond donors (Lipinski definition) is 2. The zero-order chi connectivity index (χ0) is 19.8. The van der Waals surface area contributed by atoms with Crippen LogP contribution in [0, 0.1) is 0 Å². The van der Waals surface area contributed by atoms with E-state index in [0.29, 0.717) is 0 Å². The lowest BCUT2D eigenvalue weighted by molar-refractivity contribution is -0.137. The minimum Gasteiger partial charge on any atom is -0.506 e. The van der Waals surface area contributed by atoms with E-state index in [1.807, 2.05) is 0 Å². The van der Waals surface area contributed by atoms with Crippen LogP contribution < -0.4 is 5.56 Å². The Kier molecular flexibility index (Phi) is 5.17. The van der Waals surface area contributed by atoms with Crippen molar-refractivity contribution in [2.45, 2.75) is 19.0 Å². The number of halogens is 4. The SMILES string of the molecule is O=c1c(CCCO)cc2cc(C(F)(F)F)ccc2n1-c1cc(Cl)ccc1O. The third-order valence-corrected chi connectivity index (χ3v) is 4.42. The van der Waals surface area contributed by atoms with Gasteiger partial charge in [-0.1, -0.05) is 11.6 Å². The van der Waals surface area contributed by atoms with Crippen LogP contribution in [0.3, 0.4) is 0 Å². The summed E-state index contributed by atoms with van der Waals surface area (Å²) in [5, 5.41) is 19.7. The molecule has 0 saturated heterocycles. The Bertz CT molecular complexity index is 1060. The number of aromatic nitrogens is 1. The lowest BCUT2D eigenvalue weighted by Gasteiger charge is -2.16. The van der Waals surface area contributed by atoms with Gasteiger partial charge in [0.15, 0.2) is 0 Å². The number of hydrogen-bond acceptors (Lipinski definition) is 3. The fourth-order valence-corrected chi connectivity index (χ4v) is 3.08. The molecule has 0 radical (unpaired) electrons. The Balaban J connectivity index is 2.37. The standard InChI is InChI=1S/C19H15ClF3NO3/c20-14-4-6-17(26)16(10-14)24-15-5-3-13(19(21,22)23)9-12(15)8-11(18(24)27)2-1-7-25/h3-6,8-10,25-26H,1-2,7H2. The van der Waals surface area contributed by atoms with Crippen LogP contribution in [-0.2, 0) is 12.6 Å². The number of pyridine rings is 1. The van der Waals surface area contributed by atoms with E-state index in [-0.39, 0.29) is 52.4 Å². The quantitative estimate of drug-likeness (QED) is 0.690. The topological polar surface area (TPSA) is 62.5 Å². The van der Waals surface area contributed by atoms with E-state index in [4.69, 9.17) is 16.7 Å².